The Morgan fingerprint density at radius 2 is 1.65 bits per heavy atom. The zero-order valence-electron chi connectivity index (χ0n) is 18.0. The fraction of sp³-hybridized carbons (Fsp3) is 0.435. The van der Waals surface area contributed by atoms with Gasteiger partial charge in [-0.2, -0.15) is 4.31 Å². The smallest absolute Gasteiger partial charge is 0.338 e. The number of esters is 1. The number of ether oxygens (including phenoxy) is 3. The van der Waals surface area contributed by atoms with Crippen LogP contribution in [0.15, 0.2) is 47.4 Å². The summed E-state index contributed by atoms with van der Waals surface area (Å²) in [6.07, 6.45) is 3.68. The topological polar surface area (TPSA) is 82.1 Å². The predicted molar refractivity (Wildman–Crippen MR) is 117 cm³/mol. The summed E-state index contributed by atoms with van der Waals surface area (Å²) in [6, 6.07) is 11.9. The van der Waals surface area contributed by atoms with Gasteiger partial charge in [-0.3, -0.25) is 0 Å². The number of aryl methyl sites for hydroxylation is 1. The lowest BCUT2D eigenvalue weighted by atomic mass is 10.2. The van der Waals surface area contributed by atoms with Gasteiger partial charge in [-0.15, -0.1) is 0 Å². The molecule has 1 saturated heterocycles. The molecule has 0 N–H and O–H groups in total. The van der Waals surface area contributed by atoms with Gasteiger partial charge in [0.2, 0.25) is 10.0 Å². The van der Waals surface area contributed by atoms with Gasteiger partial charge in [0.15, 0.2) is 0 Å². The Kier molecular flexibility index (Phi) is 7.92. The Morgan fingerprint density at radius 1 is 0.968 bits per heavy atom. The normalized spacial score (nSPS) is 15.2. The number of nitrogens with zero attached hydrogens (tertiary/aromatic N) is 1. The zero-order valence-corrected chi connectivity index (χ0v) is 18.8. The Labute approximate surface area is 184 Å². The molecule has 1 heterocycles. The fourth-order valence-electron chi connectivity index (χ4n) is 3.44. The molecule has 1 aliphatic heterocycles. The molecule has 0 bridgehead atoms. The van der Waals surface area contributed by atoms with Gasteiger partial charge in [0.1, 0.15) is 29.6 Å². The maximum Gasteiger partial charge on any atom is 0.338 e. The van der Waals surface area contributed by atoms with Crippen LogP contribution in [0.5, 0.6) is 11.5 Å². The summed E-state index contributed by atoms with van der Waals surface area (Å²) in [5, 5.41) is 0. The summed E-state index contributed by atoms with van der Waals surface area (Å²) in [5.41, 5.74) is 1.29. The van der Waals surface area contributed by atoms with Crippen molar-refractivity contribution in [1.29, 1.82) is 0 Å². The standard InChI is InChI=1S/C23H29NO6S/c1-18-7-10-20(11-8-18)29-15-16-30-23(25)19-9-12-21(28-2)22(17-19)31(26,27)24-13-5-3-4-6-14-24/h7-12,17H,3-6,13-16H2,1-2H3. The van der Waals surface area contributed by atoms with Gasteiger partial charge in [-0.25, -0.2) is 13.2 Å². The Morgan fingerprint density at radius 3 is 2.29 bits per heavy atom. The van der Waals surface area contributed by atoms with Crippen molar-refractivity contribution in [2.24, 2.45) is 0 Å². The van der Waals surface area contributed by atoms with E-state index in [0.29, 0.717) is 18.8 Å². The number of benzene rings is 2. The van der Waals surface area contributed by atoms with Crippen LogP contribution in [0.4, 0.5) is 0 Å². The van der Waals surface area contributed by atoms with Crippen LogP contribution in [0, 0.1) is 6.92 Å². The van der Waals surface area contributed by atoms with Gasteiger partial charge in [0.05, 0.1) is 12.7 Å². The summed E-state index contributed by atoms with van der Waals surface area (Å²) in [6.45, 7) is 3.17. The third kappa shape index (κ3) is 5.98. The van der Waals surface area contributed by atoms with Gasteiger partial charge >= 0.3 is 5.97 Å². The average molecular weight is 448 g/mol. The van der Waals surface area contributed by atoms with Gasteiger partial charge in [0, 0.05) is 13.1 Å². The second kappa shape index (κ2) is 10.6. The molecule has 2 aromatic rings. The van der Waals surface area contributed by atoms with E-state index in [-0.39, 0.29) is 29.4 Å². The summed E-state index contributed by atoms with van der Waals surface area (Å²) >= 11 is 0. The predicted octanol–water partition coefficient (Wildman–Crippen LogP) is 3.80. The molecular formula is C23H29NO6S. The molecule has 7 nitrogen and oxygen atoms in total. The minimum Gasteiger partial charge on any atom is -0.495 e. The molecule has 2 aromatic carbocycles. The van der Waals surface area contributed by atoms with Crippen molar-refractivity contribution in [1.82, 2.24) is 4.31 Å². The van der Waals surface area contributed by atoms with E-state index in [9.17, 15) is 13.2 Å². The second-order valence-corrected chi connectivity index (χ2v) is 9.39. The van der Waals surface area contributed by atoms with E-state index in [4.69, 9.17) is 14.2 Å². The molecule has 0 aliphatic carbocycles. The van der Waals surface area contributed by atoms with E-state index in [2.05, 4.69) is 0 Å². The first-order valence-corrected chi connectivity index (χ1v) is 11.9. The van der Waals surface area contributed by atoms with Gasteiger partial charge in [-0.1, -0.05) is 30.5 Å². The lowest BCUT2D eigenvalue weighted by Crippen LogP contribution is -2.32. The van der Waals surface area contributed by atoms with Crippen molar-refractivity contribution in [2.75, 3.05) is 33.4 Å². The monoisotopic (exact) mass is 447 g/mol. The minimum atomic E-state index is -3.77. The van der Waals surface area contributed by atoms with E-state index in [1.165, 1.54) is 29.6 Å². The molecule has 0 unspecified atom stereocenters. The minimum absolute atomic E-state index is 0.0118. The number of hydrogen-bond donors (Lipinski definition) is 0. The number of carbonyl (C=O) groups excluding carboxylic acids is 1. The Bertz CT molecular complexity index is 980. The molecule has 8 heteroatoms. The Hall–Kier alpha value is -2.58. The number of rotatable bonds is 8. The third-order valence-electron chi connectivity index (χ3n) is 5.19. The van der Waals surface area contributed by atoms with Gasteiger partial charge in [-0.05, 0) is 50.1 Å². The number of sulfonamides is 1. The average Bonchev–Trinajstić information content (AvgIpc) is 3.07. The molecule has 0 atom stereocenters. The van der Waals surface area contributed by atoms with Crippen molar-refractivity contribution >= 4 is 16.0 Å². The quantitative estimate of drug-likeness (QED) is 0.452. The molecule has 0 saturated carbocycles. The maximum absolute atomic E-state index is 13.2. The van der Waals surface area contributed by atoms with Crippen LogP contribution in [-0.4, -0.2) is 52.1 Å². The number of carbonyl (C=O) groups is 1. The highest BCUT2D eigenvalue weighted by Gasteiger charge is 2.29. The summed E-state index contributed by atoms with van der Waals surface area (Å²) in [4.78, 5) is 12.5. The first-order chi connectivity index (χ1) is 14.9. The molecule has 1 aliphatic rings. The van der Waals surface area contributed by atoms with Crippen molar-refractivity contribution < 1.29 is 27.4 Å². The number of methoxy groups -OCH3 is 1. The van der Waals surface area contributed by atoms with Crippen LogP contribution in [0.3, 0.4) is 0 Å². The fourth-order valence-corrected chi connectivity index (χ4v) is 5.14. The van der Waals surface area contributed by atoms with Crippen LogP contribution in [0.1, 0.15) is 41.6 Å². The van der Waals surface area contributed by atoms with Crippen LogP contribution in [-0.2, 0) is 14.8 Å². The van der Waals surface area contributed by atoms with E-state index >= 15 is 0 Å². The Balaban J connectivity index is 1.67. The highest BCUT2D eigenvalue weighted by Crippen LogP contribution is 2.29. The highest BCUT2D eigenvalue weighted by molar-refractivity contribution is 7.89. The maximum atomic E-state index is 13.2. The second-order valence-electron chi connectivity index (χ2n) is 7.48. The zero-order chi connectivity index (χ0) is 22.3. The summed E-state index contributed by atoms with van der Waals surface area (Å²) in [7, 11) is -2.36. The van der Waals surface area contributed by atoms with Crippen LogP contribution < -0.4 is 9.47 Å². The van der Waals surface area contributed by atoms with E-state index in [1.54, 1.807) is 0 Å². The third-order valence-corrected chi connectivity index (χ3v) is 7.11. The number of hydrogen-bond acceptors (Lipinski definition) is 6. The summed E-state index contributed by atoms with van der Waals surface area (Å²) in [5.74, 6) is 0.294. The van der Waals surface area contributed by atoms with E-state index < -0.39 is 16.0 Å². The molecular weight excluding hydrogens is 418 g/mol. The highest BCUT2D eigenvalue weighted by atomic mass is 32.2. The van der Waals surface area contributed by atoms with Crippen LogP contribution >= 0.6 is 0 Å². The molecule has 168 valence electrons. The molecule has 0 amide bonds. The summed E-state index contributed by atoms with van der Waals surface area (Å²) < 4.78 is 44.0. The molecule has 0 aromatic heterocycles. The molecule has 0 radical (unpaired) electrons. The molecule has 1 fully saturated rings. The first-order valence-electron chi connectivity index (χ1n) is 10.5. The first kappa shape index (κ1) is 23.1. The molecule has 3 rings (SSSR count). The van der Waals surface area contributed by atoms with Crippen molar-refractivity contribution in [3.05, 3.63) is 53.6 Å². The van der Waals surface area contributed by atoms with Crippen LogP contribution in [0.25, 0.3) is 0 Å². The molecule has 31 heavy (non-hydrogen) atoms. The molecule has 0 spiro atoms. The van der Waals surface area contributed by atoms with Gasteiger partial charge < -0.3 is 14.2 Å². The van der Waals surface area contributed by atoms with Crippen molar-refractivity contribution in [2.45, 2.75) is 37.5 Å². The SMILES string of the molecule is COc1ccc(C(=O)OCCOc2ccc(C)cc2)cc1S(=O)(=O)N1CCCCCC1. The van der Waals surface area contributed by atoms with Gasteiger partial charge in [0.25, 0.3) is 0 Å². The van der Waals surface area contributed by atoms with Crippen LogP contribution in [0.2, 0.25) is 0 Å². The largest absolute Gasteiger partial charge is 0.495 e. The van der Waals surface area contributed by atoms with E-state index in [0.717, 1.165) is 31.2 Å². The van der Waals surface area contributed by atoms with Crippen molar-refractivity contribution in [3.63, 3.8) is 0 Å². The lowest BCUT2D eigenvalue weighted by molar-refractivity contribution is 0.0450. The van der Waals surface area contributed by atoms with Crippen molar-refractivity contribution in [3.8, 4) is 11.5 Å². The van der Waals surface area contributed by atoms with E-state index in [1.807, 2.05) is 31.2 Å². The lowest BCUT2D eigenvalue weighted by Gasteiger charge is -2.21.